The number of carbonyl (C=O) groups excluding carboxylic acids is 2. The molecular weight excluding hydrogens is 492 g/mol. The molecule has 2 aliphatic heterocycles. The highest BCUT2D eigenvalue weighted by molar-refractivity contribution is 5.92. The minimum Gasteiger partial charge on any atom is -0.493 e. The molecule has 2 amide bonds. The zero-order chi connectivity index (χ0) is 27.3. The van der Waals surface area contributed by atoms with E-state index in [4.69, 9.17) is 18.9 Å². The summed E-state index contributed by atoms with van der Waals surface area (Å²) in [5.41, 5.74) is 0.00836. The van der Waals surface area contributed by atoms with E-state index in [9.17, 15) is 19.5 Å². The summed E-state index contributed by atoms with van der Waals surface area (Å²) in [5.74, 6) is -0.249. The van der Waals surface area contributed by atoms with Gasteiger partial charge < -0.3 is 29.0 Å². The molecule has 2 heterocycles. The average Bonchev–Trinajstić information content (AvgIpc) is 3.60. The first-order valence-corrected chi connectivity index (χ1v) is 12.7. The summed E-state index contributed by atoms with van der Waals surface area (Å²) in [4.78, 5) is 42.4. The third-order valence-electron chi connectivity index (χ3n) is 7.35. The van der Waals surface area contributed by atoms with E-state index in [0.717, 1.165) is 5.56 Å². The third-order valence-corrected chi connectivity index (χ3v) is 7.35. The lowest BCUT2D eigenvalue weighted by molar-refractivity contribution is -0.158. The predicted octanol–water partition coefficient (Wildman–Crippen LogP) is 3.50. The first-order chi connectivity index (χ1) is 18.3. The summed E-state index contributed by atoms with van der Waals surface area (Å²) in [6, 6.07) is 11.9. The van der Waals surface area contributed by atoms with Gasteiger partial charge >= 0.3 is 12.1 Å². The second-order valence-electron chi connectivity index (χ2n) is 9.53. The van der Waals surface area contributed by atoms with Crippen molar-refractivity contribution in [2.24, 2.45) is 0 Å². The summed E-state index contributed by atoms with van der Waals surface area (Å²) in [7, 11) is 4.48. The van der Waals surface area contributed by atoms with Gasteiger partial charge in [-0.25, -0.2) is 9.59 Å². The highest BCUT2D eigenvalue weighted by Crippen LogP contribution is 2.41. The molecule has 0 saturated carbocycles. The van der Waals surface area contributed by atoms with Gasteiger partial charge in [-0.15, -0.1) is 0 Å². The Morgan fingerprint density at radius 3 is 2.24 bits per heavy atom. The van der Waals surface area contributed by atoms with Crippen LogP contribution in [0.25, 0.3) is 0 Å². The first-order valence-electron chi connectivity index (χ1n) is 12.7. The molecule has 2 saturated heterocycles. The number of ether oxygens (including phenoxy) is 4. The molecule has 2 aromatic rings. The summed E-state index contributed by atoms with van der Waals surface area (Å²) >= 11 is 0. The fourth-order valence-corrected chi connectivity index (χ4v) is 5.48. The van der Waals surface area contributed by atoms with E-state index in [0.29, 0.717) is 55.2 Å². The van der Waals surface area contributed by atoms with Gasteiger partial charge in [-0.05, 0) is 48.9 Å². The van der Waals surface area contributed by atoms with Gasteiger partial charge in [0.25, 0.3) is 0 Å². The van der Waals surface area contributed by atoms with Crippen LogP contribution in [0.3, 0.4) is 0 Å². The molecule has 10 heteroatoms. The number of hydrogen-bond acceptors (Lipinski definition) is 7. The second-order valence-corrected chi connectivity index (χ2v) is 9.53. The normalized spacial score (nSPS) is 20.8. The van der Waals surface area contributed by atoms with E-state index >= 15 is 0 Å². The molecule has 0 aliphatic carbocycles. The number of hydrogen-bond donors (Lipinski definition) is 1. The standard InChI is InChI=1S/C28H34N2O8/c1-35-22-15-20(16-23(36-2)24(22)37-3)17-28(26(32)33)12-8-14-30(28)25(31)21-11-7-13-29(21)27(34)38-18-19-9-5-4-6-10-19/h4-6,9-10,15-16,21H,7-8,11-14,17-18H2,1-3H3,(H,32,33)/t21?,28-/m0/s1. The Morgan fingerprint density at radius 1 is 0.947 bits per heavy atom. The van der Waals surface area contributed by atoms with Crippen LogP contribution in [0.5, 0.6) is 17.2 Å². The van der Waals surface area contributed by atoms with Crippen LogP contribution >= 0.6 is 0 Å². The highest BCUT2D eigenvalue weighted by atomic mass is 16.6. The molecule has 2 aliphatic rings. The molecule has 0 bridgehead atoms. The number of likely N-dealkylation sites (tertiary alicyclic amines) is 2. The molecule has 1 N–H and O–H groups in total. The third kappa shape index (κ3) is 5.20. The van der Waals surface area contributed by atoms with E-state index in [1.165, 1.54) is 31.1 Å². The SMILES string of the molecule is COc1cc(C[C@]2(C(=O)O)CCCN2C(=O)C2CCCN2C(=O)OCc2ccccc2)cc(OC)c1OC. The maximum atomic E-state index is 13.8. The zero-order valence-corrected chi connectivity index (χ0v) is 22.0. The molecule has 0 radical (unpaired) electrons. The molecule has 2 atom stereocenters. The maximum absolute atomic E-state index is 13.8. The Labute approximate surface area is 222 Å². The minimum absolute atomic E-state index is 0.0515. The van der Waals surface area contributed by atoms with Crippen molar-refractivity contribution in [2.45, 2.75) is 50.3 Å². The van der Waals surface area contributed by atoms with Crippen molar-refractivity contribution in [3.05, 3.63) is 53.6 Å². The van der Waals surface area contributed by atoms with Crippen LogP contribution in [0.15, 0.2) is 42.5 Å². The molecule has 38 heavy (non-hydrogen) atoms. The molecular formula is C28H34N2O8. The topological polar surface area (TPSA) is 115 Å². The summed E-state index contributed by atoms with van der Waals surface area (Å²) in [6.45, 7) is 0.769. The lowest BCUT2D eigenvalue weighted by Gasteiger charge is -2.38. The Balaban J connectivity index is 1.56. The quantitative estimate of drug-likeness (QED) is 0.528. The highest BCUT2D eigenvalue weighted by Gasteiger charge is 2.52. The predicted molar refractivity (Wildman–Crippen MR) is 137 cm³/mol. The van der Waals surface area contributed by atoms with Crippen LogP contribution in [0.4, 0.5) is 4.79 Å². The van der Waals surface area contributed by atoms with Gasteiger partial charge in [-0.2, -0.15) is 0 Å². The van der Waals surface area contributed by atoms with Gasteiger partial charge in [0, 0.05) is 19.5 Å². The van der Waals surface area contributed by atoms with E-state index < -0.39 is 23.6 Å². The number of methoxy groups -OCH3 is 3. The molecule has 1 unspecified atom stereocenters. The van der Waals surface area contributed by atoms with Gasteiger partial charge in [-0.3, -0.25) is 9.69 Å². The van der Waals surface area contributed by atoms with Crippen molar-refractivity contribution in [3.8, 4) is 17.2 Å². The van der Waals surface area contributed by atoms with Crippen LogP contribution in [0, 0.1) is 0 Å². The number of aliphatic carboxylic acids is 1. The van der Waals surface area contributed by atoms with Crippen molar-refractivity contribution in [1.82, 2.24) is 9.80 Å². The second kappa shape index (κ2) is 11.6. The molecule has 10 nitrogen and oxygen atoms in total. The van der Waals surface area contributed by atoms with Gasteiger partial charge in [0.05, 0.1) is 21.3 Å². The number of nitrogens with zero attached hydrogens (tertiary/aromatic N) is 2. The number of carboxylic acids is 1. The van der Waals surface area contributed by atoms with Gasteiger partial charge in [0.15, 0.2) is 11.5 Å². The van der Waals surface area contributed by atoms with E-state index in [1.54, 1.807) is 12.1 Å². The Hall–Kier alpha value is -3.95. The minimum atomic E-state index is -1.47. The lowest BCUT2D eigenvalue weighted by Crippen LogP contribution is -2.59. The largest absolute Gasteiger partial charge is 0.493 e. The fraction of sp³-hybridized carbons (Fsp3) is 0.464. The molecule has 0 spiro atoms. The van der Waals surface area contributed by atoms with Crippen LogP contribution in [-0.2, 0) is 27.4 Å². The molecule has 0 aromatic heterocycles. The number of benzene rings is 2. The van der Waals surface area contributed by atoms with Crippen LogP contribution in [-0.4, -0.2) is 78.9 Å². The van der Waals surface area contributed by atoms with Crippen LogP contribution in [0.1, 0.15) is 36.8 Å². The van der Waals surface area contributed by atoms with Crippen molar-refractivity contribution < 1.29 is 38.4 Å². The Bertz CT molecular complexity index is 1150. The Kier molecular flexibility index (Phi) is 8.29. The first kappa shape index (κ1) is 27.1. The monoisotopic (exact) mass is 526 g/mol. The van der Waals surface area contributed by atoms with E-state index in [1.807, 2.05) is 30.3 Å². The summed E-state index contributed by atoms with van der Waals surface area (Å²) in [6.07, 6.45) is 1.39. The van der Waals surface area contributed by atoms with Gasteiger partial charge in [0.2, 0.25) is 11.7 Å². The maximum Gasteiger partial charge on any atom is 0.410 e. The number of amides is 2. The van der Waals surface area contributed by atoms with Gasteiger partial charge in [-0.1, -0.05) is 30.3 Å². The number of carboxylic acid groups (broad SMARTS) is 1. The Morgan fingerprint density at radius 2 is 1.63 bits per heavy atom. The average molecular weight is 527 g/mol. The molecule has 204 valence electrons. The van der Waals surface area contributed by atoms with Crippen molar-refractivity contribution >= 4 is 18.0 Å². The van der Waals surface area contributed by atoms with Crippen LogP contribution in [0.2, 0.25) is 0 Å². The van der Waals surface area contributed by atoms with Gasteiger partial charge in [0.1, 0.15) is 18.2 Å². The van der Waals surface area contributed by atoms with Crippen molar-refractivity contribution in [2.75, 3.05) is 34.4 Å². The number of carbonyl (C=O) groups is 3. The molecule has 2 aromatic carbocycles. The summed E-state index contributed by atoms with van der Waals surface area (Å²) < 4.78 is 21.7. The summed E-state index contributed by atoms with van der Waals surface area (Å²) in [5, 5.41) is 10.4. The van der Waals surface area contributed by atoms with Crippen LogP contribution < -0.4 is 14.2 Å². The number of rotatable bonds is 9. The van der Waals surface area contributed by atoms with Crippen molar-refractivity contribution in [1.29, 1.82) is 0 Å². The fourth-order valence-electron chi connectivity index (χ4n) is 5.48. The van der Waals surface area contributed by atoms with Crippen molar-refractivity contribution in [3.63, 3.8) is 0 Å². The molecule has 4 rings (SSSR count). The zero-order valence-electron chi connectivity index (χ0n) is 22.0. The molecule has 2 fully saturated rings. The van der Waals surface area contributed by atoms with E-state index in [-0.39, 0.29) is 25.4 Å². The smallest absolute Gasteiger partial charge is 0.410 e. The van der Waals surface area contributed by atoms with E-state index in [2.05, 4.69) is 0 Å². The lowest BCUT2D eigenvalue weighted by atomic mass is 9.87.